The molecule has 8 bridgehead atoms. The molecule has 0 saturated carbocycles. The molecule has 5 aliphatic heterocycles. The fraction of sp³-hybridized carbons (Fsp3) is 0.639. The van der Waals surface area contributed by atoms with Gasteiger partial charge in [-0.25, -0.2) is 0 Å². The molecule has 8 heteroatoms. The zero-order chi connectivity index (χ0) is 32.9. The average molecular weight is 673 g/mol. The van der Waals surface area contributed by atoms with E-state index in [2.05, 4.69) is 113 Å². The molecule has 2 unspecified atom stereocenters. The van der Waals surface area contributed by atoms with E-state index in [9.17, 15) is 0 Å². The average Bonchev–Trinajstić information content (AvgIpc) is 3.54. The molecule has 0 aromatic heterocycles. The maximum atomic E-state index is 6.36. The van der Waals surface area contributed by atoms with Gasteiger partial charge in [-0.15, -0.1) is 0 Å². The second-order valence-electron chi connectivity index (χ2n) is 16.7. The van der Waals surface area contributed by atoms with Crippen LogP contribution in [0.15, 0.2) is 73.8 Å². The summed E-state index contributed by atoms with van der Waals surface area (Å²) in [5.41, 5.74) is 6.96. The monoisotopic (exact) mass is 670 g/mol. The Labute approximate surface area is 280 Å². The van der Waals surface area contributed by atoms with Gasteiger partial charge in [0.25, 0.3) is 0 Å². The van der Waals surface area contributed by atoms with Gasteiger partial charge in [-0.1, -0.05) is 46.8 Å². The Kier molecular flexibility index (Phi) is 9.74. The van der Waals surface area contributed by atoms with Crippen LogP contribution in [0.1, 0.15) is 102 Å². The molecule has 5 aliphatic rings. The molecule has 0 N–H and O–H groups in total. The number of aliphatic imine (C=N–C) groups is 3. The third-order valence-electron chi connectivity index (χ3n) is 8.74. The molecular weight excluding hydrogens is 621 g/mol. The van der Waals surface area contributed by atoms with Gasteiger partial charge in [-0.2, -0.15) is 11.4 Å². The third-order valence-corrected chi connectivity index (χ3v) is 8.74. The number of hydrogen-bond donors (Lipinski definition) is 0. The van der Waals surface area contributed by atoms with Crippen LogP contribution in [-0.4, -0.2) is 41.6 Å². The van der Waals surface area contributed by atoms with Crippen LogP contribution >= 0.6 is 9.69 Å². The summed E-state index contributed by atoms with van der Waals surface area (Å²) in [5.74, 6) is 0. The van der Waals surface area contributed by atoms with Gasteiger partial charge in [-0.3, -0.25) is 15.0 Å². The first-order valence-electron chi connectivity index (χ1n) is 15.8. The van der Waals surface area contributed by atoms with Crippen LogP contribution in [0.5, 0.6) is 0 Å². The number of nitrogens with zero attached hydrogens (tertiary/aromatic N) is 4. The van der Waals surface area contributed by atoms with E-state index >= 15 is 0 Å². The van der Waals surface area contributed by atoms with Gasteiger partial charge in [0.05, 0.1) is 41.2 Å². The van der Waals surface area contributed by atoms with Crippen molar-refractivity contribution in [3.05, 3.63) is 64.2 Å². The molecule has 0 aromatic rings. The Bertz CT molecular complexity index is 1430. The van der Waals surface area contributed by atoms with Crippen LogP contribution in [0.25, 0.3) is 5.32 Å². The molecule has 1 fully saturated rings. The summed E-state index contributed by atoms with van der Waals surface area (Å²) in [7, 11) is 4.76. The minimum atomic E-state index is -0.368. The second-order valence-corrected chi connectivity index (χ2v) is 16.7. The molecule has 0 amide bonds. The summed E-state index contributed by atoms with van der Waals surface area (Å²) in [6.45, 7) is 27.4. The molecule has 44 heavy (non-hydrogen) atoms. The van der Waals surface area contributed by atoms with Crippen LogP contribution in [0, 0.1) is 21.7 Å². The number of fused-ring (bicyclic) bond motifs is 5. The SMILES string of the molecule is CC(C)(C)OCC1(C)C=C2/C=C3/CC(C)(C)C(=N3)/C=C3/CC(C)(COC(C)(C)C)C(=N3)/C=C3/CC(C)(C)/C(=C/C1=N2)[N-]3.[Cl][Zn+]. The molecule has 0 aliphatic carbocycles. The van der Waals surface area contributed by atoms with Gasteiger partial charge in [-0.05, 0) is 78.5 Å². The number of halogens is 1. The molecule has 6 nitrogen and oxygen atoms in total. The van der Waals surface area contributed by atoms with Crippen molar-refractivity contribution >= 4 is 26.8 Å². The van der Waals surface area contributed by atoms with Gasteiger partial charge in [0.15, 0.2) is 0 Å². The molecule has 1 saturated heterocycles. The summed E-state index contributed by atoms with van der Waals surface area (Å²) >= 11 is 0.847. The van der Waals surface area contributed by atoms with Crippen molar-refractivity contribution in [3.63, 3.8) is 0 Å². The number of allylic oxidation sites excluding steroid dienone is 8. The normalized spacial score (nSPS) is 33.5. The van der Waals surface area contributed by atoms with Crippen molar-refractivity contribution in [2.45, 2.75) is 114 Å². The zero-order valence-electron chi connectivity index (χ0n) is 29.1. The molecule has 0 spiro atoms. The van der Waals surface area contributed by atoms with E-state index in [0.717, 1.165) is 82.2 Å². The Morgan fingerprint density at radius 1 is 0.705 bits per heavy atom. The third kappa shape index (κ3) is 8.00. The van der Waals surface area contributed by atoms with E-state index < -0.39 is 0 Å². The van der Waals surface area contributed by atoms with Crippen LogP contribution in [0.2, 0.25) is 0 Å². The molecule has 0 aromatic carbocycles. The summed E-state index contributed by atoms with van der Waals surface area (Å²) in [4.78, 5) is 15.5. The van der Waals surface area contributed by atoms with E-state index in [4.69, 9.17) is 39.5 Å². The number of rotatable bonds is 4. The van der Waals surface area contributed by atoms with Crippen LogP contribution in [-0.2, 0) is 26.8 Å². The van der Waals surface area contributed by atoms with Crippen molar-refractivity contribution in [1.82, 2.24) is 0 Å². The van der Waals surface area contributed by atoms with E-state index in [0.29, 0.717) is 13.2 Å². The van der Waals surface area contributed by atoms with Gasteiger partial charge in [0.1, 0.15) is 0 Å². The number of hydrogen-bond acceptors (Lipinski definition) is 5. The van der Waals surface area contributed by atoms with Crippen molar-refractivity contribution in [2.75, 3.05) is 13.2 Å². The zero-order valence-corrected chi connectivity index (χ0v) is 32.8. The Hall–Kier alpha value is -1.66. The molecule has 5 heterocycles. The summed E-state index contributed by atoms with van der Waals surface area (Å²) in [6, 6.07) is 0. The first kappa shape index (κ1) is 35.2. The van der Waals surface area contributed by atoms with Gasteiger partial charge in [0.2, 0.25) is 0 Å². The topological polar surface area (TPSA) is 69.6 Å². The Morgan fingerprint density at radius 2 is 1.30 bits per heavy atom. The quantitative estimate of drug-likeness (QED) is 0.279. The van der Waals surface area contributed by atoms with E-state index in [1.54, 1.807) is 0 Å². The fourth-order valence-corrected chi connectivity index (χ4v) is 6.08. The maximum absolute atomic E-state index is 6.36. The van der Waals surface area contributed by atoms with Crippen LogP contribution in [0.4, 0.5) is 0 Å². The van der Waals surface area contributed by atoms with Crippen molar-refractivity contribution in [1.29, 1.82) is 0 Å². The molecule has 2 atom stereocenters. The molecule has 0 radical (unpaired) electrons. The van der Waals surface area contributed by atoms with Gasteiger partial charge < -0.3 is 14.8 Å². The second kappa shape index (κ2) is 12.2. The van der Waals surface area contributed by atoms with E-state index in [1.165, 1.54) is 0 Å². The first-order valence-corrected chi connectivity index (χ1v) is 19.7. The summed E-state index contributed by atoms with van der Waals surface area (Å²) < 4.78 is 12.7. The number of ether oxygens (including phenoxy) is 2. The molecular formula is C36H51ClN4O2Zn. The molecule has 236 valence electrons. The van der Waals surface area contributed by atoms with Crippen molar-refractivity contribution in [3.8, 4) is 0 Å². The van der Waals surface area contributed by atoms with Crippen molar-refractivity contribution < 1.29 is 26.8 Å². The Morgan fingerprint density at radius 3 is 1.93 bits per heavy atom. The van der Waals surface area contributed by atoms with E-state index in [1.807, 2.05) is 0 Å². The van der Waals surface area contributed by atoms with Gasteiger partial charge in [0, 0.05) is 46.5 Å². The Balaban J connectivity index is 0.00000216. The van der Waals surface area contributed by atoms with Crippen LogP contribution in [0.3, 0.4) is 0 Å². The molecule has 5 rings (SSSR count). The van der Waals surface area contributed by atoms with E-state index in [-0.39, 0.29) is 32.9 Å². The fourth-order valence-electron chi connectivity index (χ4n) is 6.08. The van der Waals surface area contributed by atoms with Gasteiger partial charge >= 0.3 is 27.0 Å². The summed E-state index contributed by atoms with van der Waals surface area (Å²) in [6.07, 6.45) is 13.6. The first-order chi connectivity index (χ1) is 20.1. The minimum absolute atomic E-state index is 0.0907. The standard InChI is InChI=1S/C36H51N4O2.ClH.Zn/c1-31(2,3)41-21-35(11)20-26-14-27-33(7,8)17-23(37-27)13-24-19-36(12,22-42-32(4,5)6)30(39-24)16-28-34(9,10)18-25(38-28)15-29(35)40-26;;/h13-16,19H,17-18,20-22H2,1-12H3;1H;/q-1;;+2/p-1/b23-13-,25-15-,26-14-,28-16-;;. The summed E-state index contributed by atoms with van der Waals surface area (Å²) in [5, 5.41) is 5.22. The predicted molar refractivity (Wildman–Crippen MR) is 181 cm³/mol. The predicted octanol–water partition coefficient (Wildman–Crippen LogP) is 9.72. The van der Waals surface area contributed by atoms with Crippen molar-refractivity contribution in [2.24, 2.45) is 36.6 Å². The van der Waals surface area contributed by atoms with Crippen LogP contribution < -0.4 is 0 Å².